The molecule has 3 heteroatoms. The van der Waals surface area contributed by atoms with Gasteiger partial charge >= 0.3 is 0 Å². The fraction of sp³-hybridized carbons (Fsp3) is 0.600. The van der Waals surface area contributed by atoms with Crippen molar-refractivity contribution in [2.75, 3.05) is 6.16 Å². The first-order valence-electron chi connectivity index (χ1n) is 2.48. The van der Waals surface area contributed by atoms with E-state index in [9.17, 15) is 0 Å². The molecule has 8 heavy (non-hydrogen) atoms. The lowest BCUT2D eigenvalue weighted by atomic mass is 10.3. The standard InChI is InChI=1S/C5H9BrPS/c1-2-3-4-5-7(6)8/h2H,1,3-5H2/q+1. The van der Waals surface area contributed by atoms with Crippen LogP contribution in [-0.2, 0) is 11.8 Å². The average Bonchev–Trinajstić information content (AvgIpc) is 1.66. The van der Waals surface area contributed by atoms with Crippen LogP contribution in [0.3, 0.4) is 0 Å². The van der Waals surface area contributed by atoms with Gasteiger partial charge in [0.15, 0.2) is 11.8 Å². The molecule has 46 valence electrons. The van der Waals surface area contributed by atoms with E-state index in [0.29, 0.717) is 0 Å². The molecule has 0 nitrogen and oxygen atoms in total. The van der Waals surface area contributed by atoms with Crippen LogP contribution >= 0.6 is 20.9 Å². The molecule has 0 N–H and O–H groups in total. The third-order valence-corrected chi connectivity index (χ3v) is 3.02. The molecule has 0 fully saturated rings. The molecule has 0 bridgehead atoms. The van der Waals surface area contributed by atoms with Crippen LogP contribution in [0.5, 0.6) is 0 Å². The van der Waals surface area contributed by atoms with E-state index in [2.05, 4.69) is 22.1 Å². The largest absolute Gasteiger partial charge is 0.252 e. The molecule has 0 saturated heterocycles. The summed E-state index contributed by atoms with van der Waals surface area (Å²) in [5.74, 6) is 0. The van der Waals surface area contributed by atoms with Gasteiger partial charge in [-0.15, -0.1) is 6.58 Å². The number of halogens is 1. The van der Waals surface area contributed by atoms with E-state index >= 15 is 0 Å². The molecule has 0 saturated carbocycles. The Balaban J connectivity index is 2.93. The maximum Gasteiger partial charge on any atom is 0.252 e. The van der Waals surface area contributed by atoms with Gasteiger partial charge in [0.25, 0.3) is 5.40 Å². The van der Waals surface area contributed by atoms with Crippen LogP contribution in [0, 0.1) is 0 Å². The van der Waals surface area contributed by atoms with Gasteiger partial charge in [0, 0.05) is 0 Å². The lowest BCUT2D eigenvalue weighted by molar-refractivity contribution is 0.974. The first kappa shape index (κ1) is 8.74. The molecule has 0 heterocycles. The number of unbranched alkanes of at least 4 members (excludes halogenated alkanes) is 1. The van der Waals surface area contributed by atoms with Crippen molar-refractivity contribution in [2.24, 2.45) is 0 Å². The number of hydrogen-bond acceptors (Lipinski definition) is 1. The van der Waals surface area contributed by atoms with E-state index in [-0.39, 0.29) is 5.40 Å². The normalized spacial score (nSPS) is 10.9. The van der Waals surface area contributed by atoms with Gasteiger partial charge in [-0.25, -0.2) is 0 Å². The van der Waals surface area contributed by atoms with Crippen LogP contribution in [0.2, 0.25) is 0 Å². The van der Waals surface area contributed by atoms with E-state index in [1.807, 2.05) is 6.08 Å². The van der Waals surface area contributed by atoms with Gasteiger partial charge in [-0.3, -0.25) is 0 Å². The summed E-state index contributed by atoms with van der Waals surface area (Å²) >= 11 is 8.29. The summed E-state index contributed by atoms with van der Waals surface area (Å²) in [6.07, 6.45) is 5.35. The minimum absolute atomic E-state index is 0.264. The van der Waals surface area contributed by atoms with Gasteiger partial charge < -0.3 is 0 Å². The Morgan fingerprint density at radius 2 is 2.38 bits per heavy atom. The lowest BCUT2D eigenvalue weighted by Crippen LogP contribution is -1.70. The minimum Gasteiger partial charge on any atom is -0.103 e. The maximum atomic E-state index is 4.94. The van der Waals surface area contributed by atoms with Crippen LogP contribution < -0.4 is 0 Å². The molecule has 0 aliphatic heterocycles. The second-order valence-electron chi connectivity index (χ2n) is 1.47. The van der Waals surface area contributed by atoms with Gasteiger partial charge in [-0.1, -0.05) is 6.08 Å². The molecule has 0 rings (SSSR count). The van der Waals surface area contributed by atoms with Crippen molar-refractivity contribution in [3.8, 4) is 0 Å². The van der Waals surface area contributed by atoms with Gasteiger partial charge in [-0.2, -0.15) is 0 Å². The Kier molecular flexibility index (Phi) is 6.41. The Morgan fingerprint density at radius 3 is 2.75 bits per heavy atom. The smallest absolute Gasteiger partial charge is 0.103 e. The Morgan fingerprint density at radius 1 is 1.75 bits per heavy atom. The summed E-state index contributed by atoms with van der Waals surface area (Å²) < 4.78 is 0. The highest BCUT2D eigenvalue weighted by Gasteiger charge is 2.00. The van der Waals surface area contributed by atoms with Gasteiger partial charge in [0.2, 0.25) is 15.5 Å². The van der Waals surface area contributed by atoms with E-state index < -0.39 is 0 Å². The third-order valence-electron chi connectivity index (χ3n) is 0.742. The number of allylic oxidation sites excluding steroid dienone is 1. The minimum atomic E-state index is -0.264. The molecule has 0 amide bonds. The summed E-state index contributed by atoms with van der Waals surface area (Å²) in [4.78, 5) is 0. The quantitative estimate of drug-likeness (QED) is 0.391. The van der Waals surface area contributed by atoms with Crippen LogP contribution in [0.1, 0.15) is 12.8 Å². The van der Waals surface area contributed by atoms with Crippen molar-refractivity contribution >= 4 is 32.7 Å². The van der Waals surface area contributed by atoms with Crippen LogP contribution in [-0.4, -0.2) is 6.16 Å². The zero-order valence-corrected chi connectivity index (χ0v) is 7.94. The fourth-order valence-electron chi connectivity index (χ4n) is 0.360. The summed E-state index contributed by atoms with van der Waals surface area (Å²) in [5.41, 5.74) is 0. The summed E-state index contributed by atoms with van der Waals surface area (Å²) in [5, 5.41) is -0.264. The molecule has 0 aromatic heterocycles. The van der Waals surface area contributed by atoms with Crippen molar-refractivity contribution in [2.45, 2.75) is 12.8 Å². The highest BCUT2D eigenvalue weighted by Crippen LogP contribution is 2.30. The fourth-order valence-corrected chi connectivity index (χ4v) is 1.93. The molecule has 1 unspecified atom stereocenters. The zero-order chi connectivity index (χ0) is 6.41. The lowest BCUT2D eigenvalue weighted by Gasteiger charge is -1.80. The van der Waals surface area contributed by atoms with Gasteiger partial charge in [0.1, 0.15) is 6.16 Å². The second kappa shape index (κ2) is 5.87. The summed E-state index contributed by atoms with van der Waals surface area (Å²) in [6, 6.07) is 0. The van der Waals surface area contributed by atoms with Crippen LogP contribution in [0.4, 0.5) is 0 Å². The van der Waals surface area contributed by atoms with Gasteiger partial charge in [0.05, 0.1) is 0 Å². The molecular weight excluding hydrogens is 203 g/mol. The predicted molar refractivity (Wildman–Crippen MR) is 47.5 cm³/mol. The van der Waals surface area contributed by atoms with Crippen molar-refractivity contribution in [3.63, 3.8) is 0 Å². The molecule has 1 atom stereocenters. The first-order valence-corrected chi connectivity index (χ1v) is 7.04. The van der Waals surface area contributed by atoms with E-state index in [4.69, 9.17) is 11.8 Å². The van der Waals surface area contributed by atoms with Crippen molar-refractivity contribution < 1.29 is 0 Å². The molecule has 0 spiro atoms. The van der Waals surface area contributed by atoms with E-state index in [1.165, 1.54) is 6.42 Å². The van der Waals surface area contributed by atoms with Gasteiger partial charge in [-0.05, 0) is 12.8 Å². The number of rotatable bonds is 4. The molecule has 0 aliphatic rings. The summed E-state index contributed by atoms with van der Waals surface area (Å²) in [6.45, 7) is 3.62. The Labute approximate surface area is 64.5 Å². The molecule has 0 aromatic rings. The third kappa shape index (κ3) is 6.74. The van der Waals surface area contributed by atoms with Crippen LogP contribution in [0.15, 0.2) is 12.7 Å². The van der Waals surface area contributed by atoms with E-state index in [0.717, 1.165) is 12.6 Å². The predicted octanol–water partition coefficient (Wildman–Crippen LogP) is 3.21. The highest BCUT2D eigenvalue weighted by atomic mass is 79.9. The first-order chi connectivity index (χ1) is 3.77. The maximum absolute atomic E-state index is 4.94. The zero-order valence-electron chi connectivity index (χ0n) is 4.64. The van der Waals surface area contributed by atoms with Crippen molar-refractivity contribution in [3.05, 3.63) is 12.7 Å². The van der Waals surface area contributed by atoms with E-state index in [1.54, 1.807) is 0 Å². The molecule has 0 radical (unpaired) electrons. The molecule has 0 aromatic carbocycles. The SMILES string of the molecule is C=CCCC[P+](=S)Br. The van der Waals surface area contributed by atoms with Crippen LogP contribution in [0.25, 0.3) is 0 Å². The topological polar surface area (TPSA) is 0 Å². The average molecular weight is 212 g/mol. The number of hydrogen-bond donors (Lipinski definition) is 0. The van der Waals surface area contributed by atoms with Crippen molar-refractivity contribution in [1.82, 2.24) is 0 Å². The van der Waals surface area contributed by atoms with Crippen molar-refractivity contribution in [1.29, 1.82) is 0 Å². The molecule has 0 aliphatic carbocycles. The molecular formula is C5H9BrPS+. The Hall–Kier alpha value is 0.740. The Bertz CT molecular complexity index is 92.4. The second-order valence-corrected chi connectivity index (χ2v) is 7.85. The monoisotopic (exact) mass is 211 g/mol. The summed E-state index contributed by atoms with van der Waals surface area (Å²) in [7, 11) is 0. The highest BCUT2D eigenvalue weighted by molar-refractivity contribution is 9.41.